The molecular formula is C18H24N4O2. The summed E-state index contributed by atoms with van der Waals surface area (Å²) in [5.74, 6) is -0.0983. The van der Waals surface area contributed by atoms with Gasteiger partial charge in [-0.2, -0.15) is 0 Å². The number of piperidine rings is 1. The van der Waals surface area contributed by atoms with Gasteiger partial charge in [0.1, 0.15) is 5.69 Å². The van der Waals surface area contributed by atoms with Gasteiger partial charge >= 0.3 is 5.69 Å². The van der Waals surface area contributed by atoms with E-state index >= 15 is 0 Å². The number of nitrogens with zero attached hydrogens (tertiary/aromatic N) is 3. The van der Waals surface area contributed by atoms with E-state index in [1.807, 2.05) is 37.4 Å². The maximum Gasteiger partial charge on any atom is 0.326 e. The second-order valence-electron chi connectivity index (χ2n) is 6.50. The molecule has 24 heavy (non-hydrogen) atoms. The van der Waals surface area contributed by atoms with Crippen LogP contribution < -0.4 is 5.69 Å². The summed E-state index contributed by atoms with van der Waals surface area (Å²) in [6, 6.07) is 9.92. The highest BCUT2D eigenvalue weighted by Gasteiger charge is 2.27. The number of carbonyl (C=O) groups excluding carboxylic acids is 1. The van der Waals surface area contributed by atoms with Gasteiger partial charge in [0.25, 0.3) is 5.91 Å². The zero-order valence-corrected chi connectivity index (χ0v) is 14.2. The number of likely N-dealkylation sites (tertiary alicyclic amines) is 1. The van der Waals surface area contributed by atoms with E-state index in [0.717, 1.165) is 31.5 Å². The summed E-state index contributed by atoms with van der Waals surface area (Å²) in [4.78, 5) is 31.7. The molecule has 0 unspecified atom stereocenters. The molecule has 0 spiro atoms. The van der Waals surface area contributed by atoms with Crippen molar-refractivity contribution in [1.29, 1.82) is 0 Å². The van der Waals surface area contributed by atoms with Crippen LogP contribution in [0.4, 0.5) is 0 Å². The third kappa shape index (κ3) is 3.43. The molecule has 1 aliphatic heterocycles. The highest BCUT2D eigenvalue weighted by atomic mass is 16.2. The molecule has 2 heterocycles. The third-order valence-electron chi connectivity index (χ3n) is 4.83. The van der Waals surface area contributed by atoms with Crippen LogP contribution in [0.15, 0.2) is 41.3 Å². The average molecular weight is 328 g/mol. The van der Waals surface area contributed by atoms with Crippen molar-refractivity contribution in [2.24, 2.45) is 0 Å². The molecule has 1 amide bonds. The number of nitrogens with one attached hydrogen (secondary N) is 1. The van der Waals surface area contributed by atoms with E-state index < -0.39 is 0 Å². The van der Waals surface area contributed by atoms with Crippen LogP contribution in [0.25, 0.3) is 0 Å². The van der Waals surface area contributed by atoms with Gasteiger partial charge in [0.15, 0.2) is 0 Å². The van der Waals surface area contributed by atoms with Crippen molar-refractivity contribution in [3.05, 3.63) is 58.3 Å². The summed E-state index contributed by atoms with van der Waals surface area (Å²) in [6.45, 7) is 2.38. The molecule has 1 N–H and O–H groups in total. The summed E-state index contributed by atoms with van der Waals surface area (Å²) < 4.78 is 1.52. The predicted molar refractivity (Wildman–Crippen MR) is 93.2 cm³/mol. The van der Waals surface area contributed by atoms with Crippen LogP contribution in [0.5, 0.6) is 0 Å². The Morgan fingerprint density at radius 1 is 1.25 bits per heavy atom. The topological polar surface area (TPSA) is 61.3 Å². The first-order valence-corrected chi connectivity index (χ1v) is 8.34. The first kappa shape index (κ1) is 16.5. The number of carbonyl (C=O) groups is 1. The quantitative estimate of drug-likeness (QED) is 0.923. The maximum atomic E-state index is 12.9. The molecule has 1 fully saturated rings. The Hall–Kier alpha value is -2.34. The fourth-order valence-electron chi connectivity index (χ4n) is 3.22. The van der Waals surface area contributed by atoms with Crippen molar-refractivity contribution < 1.29 is 4.79 Å². The Balaban J connectivity index is 1.79. The lowest BCUT2D eigenvalue weighted by Crippen LogP contribution is -2.45. The molecule has 3 rings (SSSR count). The first-order chi connectivity index (χ1) is 11.6. The van der Waals surface area contributed by atoms with Gasteiger partial charge in [-0.15, -0.1) is 0 Å². The molecular weight excluding hydrogens is 304 g/mol. The molecule has 6 heteroatoms. The Kier molecular flexibility index (Phi) is 4.85. The molecule has 0 saturated carbocycles. The molecule has 1 saturated heterocycles. The lowest BCUT2D eigenvalue weighted by atomic mass is 10.0. The predicted octanol–water partition coefficient (Wildman–Crippen LogP) is 1.39. The summed E-state index contributed by atoms with van der Waals surface area (Å²) >= 11 is 0. The van der Waals surface area contributed by atoms with Gasteiger partial charge in [0.05, 0.1) is 6.54 Å². The minimum absolute atomic E-state index is 0.0983. The van der Waals surface area contributed by atoms with Crippen LogP contribution in [0, 0.1) is 0 Å². The molecule has 1 aromatic carbocycles. The fourth-order valence-corrected chi connectivity index (χ4v) is 3.22. The Morgan fingerprint density at radius 3 is 2.58 bits per heavy atom. The van der Waals surface area contributed by atoms with E-state index in [9.17, 15) is 9.59 Å². The van der Waals surface area contributed by atoms with E-state index in [2.05, 4.69) is 16.9 Å². The molecule has 0 bridgehead atoms. The van der Waals surface area contributed by atoms with Crippen molar-refractivity contribution in [1.82, 2.24) is 19.4 Å². The number of aromatic nitrogens is 2. The van der Waals surface area contributed by atoms with Crippen LogP contribution in [0.2, 0.25) is 0 Å². The minimum Gasteiger partial charge on any atom is -0.337 e. The van der Waals surface area contributed by atoms with Crippen LogP contribution in [0.1, 0.15) is 28.9 Å². The molecule has 1 aromatic heterocycles. The lowest BCUT2D eigenvalue weighted by Gasteiger charge is -2.35. The largest absolute Gasteiger partial charge is 0.337 e. The number of benzene rings is 1. The Bertz CT molecular complexity index is 742. The Morgan fingerprint density at radius 2 is 1.92 bits per heavy atom. The molecule has 0 aliphatic carbocycles. The number of aromatic amines is 1. The smallest absolute Gasteiger partial charge is 0.326 e. The van der Waals surface area contributed by atoms with Crippen molar-refractivity contribution in [3.63, 3.8) is 0 Å². The van der Waals surface area contributed by atoms with E-state index in [1.165, 1.54) is 10.8 Å². The van der Waals surface area contributed by atoms with E-state index in [-0.39, 0.29) is 17.6 Å². The molecule has 2 aromatic rings. The van der Waals surface area contributed by atoms with Gasteiger partial charge in [-0.05, 0) is 38.5 Å². The lowest BCUT2D eigenvalue weighted by molar-refractivity contribution is 0.0649. The summed E-state index contributed by atoms with van der Waals surface area (Å²) in [5, 5.41) is 0. The van der Waals surface area contributed by atoms with E-state index in [1.54, 1.807) is 4.90 Å². The van der Waals surface area contributed by atoms with Crippen LogP contribution in [-0.4, -0.2) is 58.5 Å². The number of imidazole rings is 1. The zero-order valence-electron chi connectivity index (χ0n) is 14.2. The Labute approximate surface area is 141 Å². The maximum absolute atomic E-state index is 12.9. The fraction of sp³-hybridized carbons (Fsp3) is 0.444. The summed E-state index contributed by atoms with van der Waals surface area (Å²) in [5.41, 5.74) is 1.17. The van der Waals surface area contributed by atoms with E-state index in [4.69, 9.17) is 0 Å². The van der Waals surface area contributed by atoms with E-state index in [0.29, 0.717) is 12.2 Å². The normalized spacial score (nSPS) is 16.2. The molecule has 0 atom stereocenters. The van der Waals surface area contributed by atoms with Crippen LogP contribution >= 0.6 is 0 Å². The van der Waals surface area contributed by atoms with Crippen molar-refractivity contribution in [2.75, 3.05) is 27.2 Å². The van der Waals surface area contributed by atoms with Gasteiger partial charge < -0.3 is 14.8 Å². The van der Waals surface area contributed by atoms with Gasteiger partial charge in [0, 0.05) is 19.3 Å². The summed E-state index contributed by atoms with van der Waals surface area (Å²) in [6.07, 6.45) is 3.46. The summed E-state index contributed by atoms with van der Waals surface area (Å²) in [7, 11) is 3.93. The highest BCUT2D eigenvalue weighted by molar-refractivity contribution is 5.92. The molecule has 1 aliphatic rings. The zero-order chi connectivity index (χ0) is 17.1. The third-order valence-corrected chi connectivity index (χ3v) is 4.83. The number of H-pyrrole nitrogens is 1. The van der Waals surface area contributed by atoms with Crippen molar-refractivity contribution >= 4 is 5.91 Å². The standard InChI is InChI=1S/C18H24N4O2/c1-20-10-8-15(9-11-20)21(2)17(23)16-12-19-18(24)22(16)13-14-6-4-3-5-7-14/h3-7,12,15H,8-11,13H2,1-2H3,(H,19,24). The van der Waals surface area contributed by atoms with Gasteiger partial charge in [-0.25, -0.2) is 4.79 Å². The second-order valence-corrected chi connectivity index (χ2v) is 6.50. The number of rotatable bonds is 4. The molecule has 128 valence electrons. The number of hydrogen-bond donors (Lipinski definition) is 1. The average Bonchev–Trinajstić information content (AvgIpc) is 2.96. The van der Waals surface area contributed by atoms with Crippen molar-refractivity contribution in [2.45, 2.75) is 25.4 Å². The van der Waals surface area contributed by atoms with Crippen LogP contribution in [0.3, 0.4) is 0 Å². The van der Waals surface area contributed by atoms with Gasteiger partial charge in [-0.3, -0.25) is 9.36 Å². The molecule has 6 nitrogen and oxygen atoms in total. The van der Waals surface area contributed by atoms with Gasteiger partial charge in [0.2, 0.25) is 0 Å². The minimum atomic E-state index is -0.251. The van der Waals surface area contributed by atoms with Crippen molar-refractivity contribution in [3.8, 4) is 0 Å². The second kappa shape index (κ2) is 7.05. The highest BCUT2D eigenvalue weighted by Crippen LogP contribution is 2.16. The first-order valence-electron chi connectivity index (χ1n) is 8.34. The number of hydrogen-bond acceptors (Lipinski definition) is 3. The monoisotopic (exact) mass is 328 g/mol. The van der Waals surface area contributed by atoms with Gasteiger partial charge in [-0.1, -0.05) is 30.3 Å². The van der Waals surface area contributed by atoms with Crippen LogP contribution in [-0.2, 0) is 6.54 Å². The SMILES string of the molecule is CN1CCC(N(C)C(=O)c2c[nH]c(=O)n2Cc2ccccc2)CC1. The number of amides is 1. The molecule has 0 radical (unpaired) electrons.